The van der Waals surface area contributed by atoms with Crippen molar-refractivity contribution in [3.8, 4) is 0 Å². The van der Waals surface area contributed by atoms with Crippen LogP contribution >= 0.6 is 0 Å². The first-order chi connectivity index (χ1) is 9.81. The van der Waals surface area contributed by atoms with Crippen LogP contribution in [0.15, 0.2) is 35.0 Å². The molecule has 0 saturated heterocycles. The molecule has 0 N–H and O–H groups in total. The SMILES string of the molecule is CCCc1nc(Cn2ccc3c(C=O)cccc32)no1. The molecule has 0 saturated carbocycles. The van der Waals surface area contributed by atoms with Crippen molar-refractivity contribution < 1.29 is 9.32 Å². The smallest absolute Gasteiger partial charge is 0.226 e. The van der Waals surface area contributed by atoms with E-state index < -0.39 is 0 Å². The molecular formula is C15H15N3O2. The molecule has 3 rings (SSSR count). The van der Waals surface area contributed by atoms with Crippen molar-refractivity contribution in [3.63, 3.8) is 0 Å². The van der Waals surface area contributed by atoms with Crippen molar-refractivity contribution in [1.29, 1.82) is 0 Å². The minimum Gasteiger partial charge on any atom is -0.340 e. The fourth-order valence-electron chi connectivity index (χ4n) is 2.31. The summed E-state index contributed by atoms with van der Waals surface area (Å²) >= 11 is 0. The number of carbonyl (C=O) groups is 1. The lowest BCUT2D eigenvalue weighted by molar-refractivity contribution is 0.112. The number of benzene rings is 1. The van der Waals surface area contributed by atoms with Crippen molar-refractivity contribution >= 4 is 17.2 Å². The predicted molar refractivity (Wildman–Crippen MR) is 74.7 cm³/mol. The second-order valence-corrected chi connectivity index (χ2v) is 4.70. The summed E-state index contributed by atoms with van der Waals surface area (Å²) in [5, 5.41) is 4.93. The van der Waals surface area contributed by atoms with Crippen LogP contribution in [0.2, 0.25) is 0 Å². The molecule has 0 aliphatic heterocycles. The molecule has 0 bridgehead atoms. The van der Waals surface area contributed by atoms with E-state index in [1.54, 1.807) is 0 Å². The van der Waals surface area contributed by atoms with Gasteiger partial charge in [-0.2, -0.15) is 4.98 Å². The summed E-state index contributed by atoms with van der Waals surface area (Å²) in [4.78, 5) is 15.4. The van der Waals surface area contributed by atoms with E-state index in [4.69, 9.17) is 4.52 Å². The van der Waals surface area contributed by atoms with Gasteiger partial charge in [-0.25, -0.2) is 0 Å². The number of aryl methyl sites for hydroxylation is 1. The minimum absolute atomic E-state index is 0.541. The van der Waals surface area contributed by atoms with Gasteiger partial charge < -0.3 is 9.09 Å². The summed E-state index contributed by atoms with van der Waals surface area (Å²) in [6.45, 7) is 2.61. The molecular weight excluding hydrogens is 254 g/mol. The number of rotatable bonds is 5. The van der Waals surface area contributed by atoms with Crippen molar-refractivity contribution in [2.75, 3.05) is 0 Å². The first-order valence-corrected chi connectivity index (χ1v) is 6.66. The molecule has 0 unspecified atom stereocenters. The average molecular weight is 269 g/mol. The second-order valence-electron chi connectivity index (χ2n) is 4.70. The minimum atomic E-state index is 0.541. The highest BCUT2D eigenvalue weighted by Crippen LogP contribution is 2.19. The Labute approximate surface area is 116 Å². The first-order valence-electron chi connectivity index (χ1n) is 6.66. The van der Waals surface area contributed by atoms with E-state index in [0.29, 0.717) is 23.8 Å². The summed E-state index contributed by atoms with van der Waals surface area (Å²) in [7, 11) is 0. The molecule has 0 amide bonds. The summed E-state index contributed by atoms with van der Waals surface area (Å²) in [6, 6.07) is 7.61. The largest absolute Gasteiger partial charge is 0.340 e. The highest BCUT2D eigenvalue weighted by molar-refractivity contribution is 5.97. The van der Waals surface area contributed by atoms with Crippen LogP contribution < -0.4 is 0 Å². The molecule has 0 fully saturated rings. The molecule has 3 aromatic rings. The Balaban J connectivity index is 1.92. The molecule has 0 aliphatic rings. The van der Waals surface area contributed by atoms with Gasteiger partial charge in [0.1, 0.15) is 0 Å². The lowest BCUT2D eigenvalue weighted by Crippen LogP contribution is -2.00. The summed E-state index contributed by atoms with van der Waals surface area (Å²) in [5.41, 5.74) is 1.69. The standard InChI is InChI=1S/C15H15N3O2/c1-2-4-15-16-14(17-20-15)9-18-8-7-12-11(10-19)5-3-6-13(12)18/h3,5-8,10H,2,4,9H2,1H3. The molecule has 0 aliphatic carbocycles. The van der Waals surface area contributed by atoms with Crippen LogP contribution in [0.4, 0.5) is 0 Å². The monoisotopic (exact) mass is 269 g/mol. The van der Waals surface area contributed by atoms with E-state index in [0.717, 1.165) is 30.0 Å². The summed E-state index contributed by atoms with van der Waals surface area (Å²) < 4.78 is 7.20. The van der Waals surface area contributed by atoms with Gasteiger partial charge >= 0.3 is 0 Å². The number of nitrogens with zero attached hydrogens (tertiary/aromatic N) is 3. The van der Waals surface area contributed by atoms with Gasteiger partial charge in [0.05, 0.1) is 6.54 Å². The third kappa shape index (κ3) is 2.22. The maximum atomic E-state index is 11.0. The zero-order valence-corrected chi connectivity index (χ0v) is 11.2. The van der Waals surface area contributed by atoms with E-state index in [1.165, 1.54) is 0 Å². The summed E-state index contributed by atoms with van der Waals surface area (Å²) in [5.74, 6) is 1.33. The molecule has 2 aromatic heterocycles. The van der Waals surface area contributed by atoms with Gasteiger partial charge in [-0.05, 0) is 18.6 Å². The van der Waals surface area contributed by atoms with E-state index in [1.807, 2.05) is 35.0 Å². The lowest BCUT2D eigenvalue weighted by Gasteiger charge is -2.02. The molecule has 102 valence electrons. The van der Waals surface area contributed by atoms with E-state index in [2.05, 4.69) is 17.1 Å². The average Bonchev–Trinajstić information content (AvgIpc) is 3.07. The Hall–Kier alpha value is -2.43. The van der Waals surface area contributed by atoms with Gasteiger partial charge in [-0.1, -0.05) is 24.2 Å². The zero-order valence-electron chi connectivity index (χ0n) is 11.2. The number of aromatic nitrogens is 3. The number of aldehydes is 1. The van der Waals surface area contributed by atoms with Gasteiger partial charge in [0.2, 0.25) is 5.89 Å². The van der Waals surface area contributed by atoms with Crippen molar-refractivity contribution in [2.45, 2.75) is 26.3 Å². The van der Waals surface area contributed by atoms with Crippen LogP contribution in [0.5, 0.6) is 0 Å². The maximum absolute atomic E-state index is 11.0. The van der Waals surface area contributed by atoms with Crippen LogP contribution in [-0.4, -0.2) is 21.0 Å². The number of fused-ring (bicyclic) bond motifs is 1. The van der Waals surface area contributed by atoms with Gasteiger partial charge in [0.15, 0.2) is 12.1 Å². The maximum Gasteiger partial charge on any atom is 0.226 e. The Bertz CT molecular complexity index is 742. The van der Waals surface area contributed by atoms with E-state index in [9.17, 15) is 4.79 Å². The normalized spacial score (nSPS) is 11.1. The Morgan fingerprint density at radius 1 is 1.35 bits per heavy atom. The molecule has 0 spiro atoms. The van der Waals surface area contributed by atoms with Gasteiger partial charge in [0.25, 0.3) is 0 Å². The fourth-order valence-corrected chi connectivity index (χ4v) is 2.31. The van der Waals surface area contributed by atoms with Crippen LogP contribution in [0.1, 0.15) is 35.4 Å². The molecule has 0 radical (unpaired) electrons. The quantitative estimate of drug-likeness (QED) is 0.668. The first kappa shape index (κ1) is 12.6. The number of hydrogen-bond donors (Lipinski definition) is 0. The highest BCUT2D eigenvalue weighted by atomic mass is 16.5. The number of carbonyl (C=O) groups excluding carboxylic acids is 1. The Kier molecular flexibility index (Phi) is 3.33. The van der Waals surface area contributed by atoms with Crippen LogP contribution in [0.25, 0.3) is 10.9 Å². The van der Waals surface area contributed by atoms with Crippen molar-refractivity contribution in [2.24, 2.45) is 0 Å². The zero-order chi connectivity index (χ0) is 13.9. The third-order valence-electron chi connectivity index (χ3n) is 3.26. The van der Waals surface area contributed by atoms with E-state index >= 15 is 0 Å². The van der Waals surface area contributed by atoms with Gasteiger partial charge in [0, 0.05) is 29.1 Å². The molecule has 0 atom stereocenters. The molecule has 2 heterocycles. The second kappa shape index (κ2) is 5.28. The Morgan fingerprint density at radius 3 is 3.05 bits per heavy atom. The number of hydrogen-bond acceptors (Lipinski definition) is 4. The molecule has 5 nitrogen and oxygen atoms in total. The highest BCUT2D eigenvalue weighted by Gasteiger charge is 2.09. The van der Waals surface area contributed by atoms with Crippen molar-refractivity contribution in [3.05, 3.63) is 47.7 Å². The summed E-state index contributed by atoms with van der Waals surface area (Å²) in [6.07, 6.45) is 4.60. The van der Waals surface area contributed by atoms with E-state index in [-0.39, 0.29) is 0 Å². The van der Waals surface area contributed by atoms with Crippen molar-refractivity contribution in [1.82, 2.24) is 14.7 Å². The van der Waals surface area contributed by atoms with Gasteiger partial charge in [-0.3, -0.25) is 4.79 Å². The molecule has 5 heteroatoms. The van der Waals surface area contributed by atoms with Gasteiger partial charge in [-0.15, -0.1) is 0 Å². The van der Waals surface area contributed by atoms with Crippen LogP contribution in [-0.2, 0) is 13.0 Å². The topological polar surface area (TPSA) is 60.9 Å². The predicted octanol–water partition coefficient (Wildman–Crippen LogP) is 2.84. The van der Waals surface area contributed by atoms with Crippen LogP contribution in [0.3, 0.4) is 0 Å². The Morgan fingerprint density at radius 2 is 2.25 bits per heavy atom. The molecule has 1 aromatic carbocycles. The lowest BCUT2D eigenvalue weighted by atomic mass is 10.1. The third-order valence-corrected chi connectivity index (χ3v) is 3.26. The molecule has 20 heavy (non-hydrogen) atoms. The fraction of sp³-hybridized carbons (Fsp3) is 0.267. The van der Waals surface area contributed by atoms with Crippen LogP contribution in [0, 0.1) is 0 Å².